The molecule has 3 rings (SSSR count). The predicted molar refractivity (Wildman–Crippen MR) is 127 cm³/mol. The van der Waals surface area contributed by atoms with Gasteiger partial charge in [0.25, 0.3) is 0 Å². The van der Waals surface area contributed by atoms with Gasteiger partial charge in [0.2, 0.25) is 0 Å². The first kappa shape index (κ1) is 23.8. The summed E-state index contributed by atoms with van der Waals surface area (Å²) in [5.74, 6) is 0. The largest absolute Gasteiger partial charge is 0.0842 e. The van der Waals surface area contributed by atoms with Crippen LogP contribution in [0.4, 0.5) is 0 Å². The van der Waals surface area contributed by atoms with Crippen molar-refractivity contribution in [1.82, 2.24) is 0 Å². The van der Waals surface area contributed by atoms with Crippen LogP contribution < -0.4 is 0 Å². The molecule has 1 fully saturated rings. The van der Waals surface area contributed by atoms with Crippen LogP contribution in [0.15, 0.2) is 23.3 Å². The molecule has 28 heavy (non-hydrogen) atoms. The van der Waals surface area contributed by atoms with Crippen LogP contribution >= 0.6 is 0 Å². The zero-order valence-electron chi connectivity index (χ0n) is 20.6. The predicted octanol–water partition coefficient (Wildman–Crippen LogP) is 9.65. The van der Waals surface area contributed by atoms with Gasteiger partial charge < -0.3 is 0 Å². The van der Waals surface area contributed by atoms with E-state index in [9.17, 15) is 0 Å². The van der Waals surface area contributed by atoms with Crippen LogP contribution in [-0.4, -0.2) is 0 Å². The summed E-state index contributed by atoms with van der Waals surface area (Å²) >= 11 is 0. The molecule has 0 radical (unpaired) electrons. The molecule has 1 saturated carbocycles. The maximum absolute atomic E-state index is 2.56. The second kappa shape index (κ2) is 9.09. The third kappa shape index (κ3) is 5.99. The highest BCUT2D eigenvalue weighted by Crippen LogP contribution is 2.50. The Morgan fingerprint density at radius 3 is 1.46 bits per heavy atom. The van der Waals surface area contributed by atoms with Gasteiger partial charge in [0.05, 0.1) is 0 Å². The normalized spacial score (nSPS) is 24.3. The van der Waals surface area contributed by atoms with Crippen molar-refractivity contribution >= 4 is 0 Å². The van der Waals surface area contributed by atoms with Crippen LogP contribution in [0.2, 0.25) is 0 Å². The Kier molecular flexibility index (Phi) is 7.72. The van der Waals surface area contributed by atoms with E-state index in [0.717, 1.165) is 5.41 Å². The van der Waals surface area contributed by atoms with Crippen LogP contribution in [-0.2, 0) is 0 Å². The highest BCUT2D eigenvalue weighted by Gasteiger charge is 2.36. The van der Waals surface area contributed by atoms with Gasteiger partial charge in [-0.05, 0) is 73.0 Å². The van der Waals surface area contributed by atoms with E-state index in [4.69, 9.17) is 0 Å². The maximum Gasteiger partial charge on any atom is -0.0173 e. The molecule has 0 atom stereocenters. The zero-order valence-corrected chi connectivity index (χ0v) is 20.6. The minimum absolute atomic E-state index is 0.396. The molecule has 0 amide bonds. The van der Waals surface area contributed by atoms with Crippen molar-refractivity contribution in [2.24, 2.45) is 21.7 Å². The fourth-order valence-corrected chi connectivity index (χ4v) is 5.72. The molecule has 1 spiro atoms. The van der Waals surface area contributed by atoms with E-state index in [0.29, 0.717) is 16.2 Å². The molecule has 0 aromatic rings. The Labute approximate surface area is 177 Å². The van der Waals surface area contributed by atoms with E-state index in [1.807, 2.05) is 0 Å². The average molecular weight is 387 g/mol. The Balaban J connectivity index is 0.000000200. The molecule has 0 aromatic carbocycles. The molecule has 3 aliphatic carbocycles. The third-order valence-electron chi connectivity index (χ3n) is 8.50. The highest BCUT2D eigenvalue weighted by atomic mass is 14.4. The SMILES string of the molecule is CC(C)(C)C1=CCC2(CCCC2)CC1.CCC1(CC)CC=C(C(C)(C)C)CC1. The number of allylic oxidation sites excluding steroid dienone is 4. The fourth-order valence-electron chi connectivity index (χ4n) is 5.72. The zero-order chi connectivity index (χ0) is 21.1. The molecule has 0 aliphatic heterocycles. The van der Waals surface area contributed by atoms with Gasteiger partial charge in [-0.15, -0.1) is 0 Å². The summed E-state index contributed by atoms with van der Waals surface area (Å²) in [6, 6.07) is 0. The van der Waals surface area contributed by atoms with Gasteiger partial charge in [0, 0.05) is 0 Å². The van der Waals surface area contributed by atoms with E-state index < -0.39 is 0 Å². The van der Waals surface area contributed by atoms with Crippen LogP contribution in [0, 0.1) is 21.7 Å². The van der Waals surface area contributed by atoms with Crippen molar-refractivity contribution in [1.29, 1.82) is 0 Å². The summed E-state index contributed by atoms with van der Waals surface area (Å²) in [7, 11) is 0. The summed E-state index contributed by atoms with van der Waals surface area (Å²) in [5, 5.41) is 0. The molecule has 0 N–H and O–H groups in total. The van der Waals surface area contributed by atoms with Crippen molar-refractivity contribution in [3.8, 4) is 0 Å². The molecule has 0 bridgehead atoms. The van der Waals surface area contributed by atoms with Gasteiger partial charge in [0.15, 0.2) is 0 Å². The highest BCUT2D eigenvalue weighted by molar-refractivity contribution is 5.17. The molecule has 0 heterocycles. The van der Waals surface area contributed by atoms with Crippen LogP contribution in [0.5, 0.6) is 0 Å². The fraction of sp³-hybridized carbons (Fsp3) is 0.857. The van der Waals surface area contributed by atoms with Crippen molar-refractivity contribution in [2.45, 2.75) is 132 Å². The first-order valence-electron chi connectivity index (χ1n) is 12.3. The monoisotopic (exact) mass is 386 g/mol. The molecule has 0 unspecified atom stereocenters. The quantitative estimate of drug-likeness (QED) is 0.414. The minimum atomic E-state index is 0.396. The van der Waals surface area contributed by atoms with E-state index in [1.165, 1.54) is 77.0 Å². The molecule has 0 heteroatoms. The Bertz CT molecular complexity index is 512. The molecular weight excluding hydrogens is 336 g/mol. The molecule has 0 aromatic heterocycles. The first-order valence-corrected chi connectivity index (χ1v) is 12.3. The van der Waals surface area contributed by atoms with Crippen molar-refractivity contribution in [2.75, 3.05) is 0 Å². The van der Waals surface area contributed by atoms with E-state index >= 15 is 0 Å². The minimum Gasteiger partial charge on any atom is -0.0842 e. The summed E-state index contributed by atoms with van der Waals surface area (Å²) < 4.78 is 0. The van der Waals surface area contributed by atoms with Gasteiger partial charge in [-0.25, -0.2) is 0 Å². The number of rotatable bonds is 2. The smallest absolute Gasteiger partial charge is 0.0173 e. The second-order valence-corrected chi connectivity index (χ2v) is 12.3. The van der Waals surface area contributed by atoms with Gasteiger partial charge in [0.1, 0.15) is 0 Å². The van der Waals surface area contributed by atoms with Gasteiger partial charge in [-0.3, -0.25) is 0 Å². The molecular formula is C28H50. The van der Waals surface area contributed by atoms with Crippen LogP contribution in [0.1, 0.15) is 132 Å². The standard InChI is InChI=1S/C14H24.C14H26/c1-13(2,3)12-6-10-14(11-7-12)8-4-5-9-14;1-6-14(7-2)10-8-12(9-11-14)13(3,4)5/h6H,4-5,7-11H2,1-3H3;8H,6-7,9-11H2,1-5H3. The van der Waals surface area contributed by atoms with Gasteiger partial charge in [-0.1, -0.05) is 104 Å². The van der Waals surface area contributed by atoms with Crippen LogP contribution in [0.3, 0.4) is 0 Å². The second-order valence-electron chi connectivity index (χ2n) is 12.3. The molecule has 3 aliphatic rings. The lowest BCUT2D eigenvalue weighted by atomic mass is 9.68. The lowest BCUT2D eigenvalue weighted by Gasteiger charge is -2.38. The molecule has 162 valence electrons. The Hall–Kier alpha value is -0.520. The summed E-state index contributed by atoms with van der Waals surface area (Å²) in [5.41, 5.74) is 5.57. The third-order valence-corrected chi connectivity index (χ3v) is 8.50. The number of hydrogen-bond acceptors (Lipinski definition) is 0. The first-order chi connectivity index (χ1) is 13.0. The van der Waals surface area contributed by atoms with Crippen molar-refractivity contribution < 1.29 is 0 Å². The Morgan fingerprint density at radius 2 is 1.14 bits per heavy atom. The number of hydrogen-bond donors (Lipinski definition) is 0. The Morgan fingerprint density at radius 1 is 0.679 bits per heavy atom. The summed E-state index contributed by atoms with van der Waals surface area (Å²) in [4.78, 5) is 0. The summed E-state index contributed by atoms with van der Waals surface area (Å²) in [6.45, 7) is 18.8. The van der Waals surface area contributed by atoms with Crippen molar-refractivity contribution in [3.63, 3.8) is 0 Å². The van der Waals surface area contributed by atoms with Crippen LogP contribution in [0.25, 0.3) is 0 Å². The van der Waals surface area contributed by atoms with Gasteiger partial charge >= 0.3 is 0 Å². The maximum atomic E-state index is 2.56. The topological polar surface area (TPSA) is 0 Å². The van der Waals surface area contributed by atoms with Gasteiger partial charge in [-0.2, -0.15) is 0 Å². The average Bonchev–Trinajstić information content (AvgIpc) is 3.09. The van der Waals surface area contributed by atoms with Crippen molar-refractivity contribution in [3.05, 3.63) is 23.3 Å². The molecule has 0 nitrogen and oxygen atoms in total. The molecule has 0 saturated heterocycles. The van der Waals surface area contributed by atoms with E-state index in [-0.39, 0.29) is 0 Å². The lowest BCUT2D eigenvalue weighted by Crippen LogP contribution is -2.24. The summed E-state index contributed by atoms with van der Waals surface area (Å²) in [6.07, 6.45) is 22.0. The van der Waals surface area contributed by atoms with E-state index in [1.54, 1.807) is 11.1 Å². The lowest BCUT2D eigenvalue weighted by molar-refractivity contribution is 0.221. The van der Waals surface area contributed by atoms with E-state index in [2.05, 4.69) is 67.5 Å².